The van der Waals surface area contributed by atoms with Gasteiger partial charge in [0.1, 0.15) is 28.2 Å². The van der Waals surface area contributed by atoms with Crippen LogP contribution in [0.3, 0.4) is 0 Å². The van der Waals surface area contributed by atoms with Crippen LogP contribution in [0, 0.1) is 17.0 Å². The Bertz CT molecular complexity index is 3620. The molecular weight excluding hydrogens is 1070 g/mol. The van der Waals surface area contributed by atoms with Crippen molar-refractivity contribution in [3.05, 3.63) is 167 Å². The van der Waals surface area contributed by atoms with Crippen molar-refractivity contribution in [1.82, 2.24) is 29.3 Å². The van der Waals surface area contributed by atoms with E-state index >= 15 is 8.78 Å². The van der Waals surface area contributed by atoms with Gasteiger partial charge in [0.15, 0.2) is 17.1 Å². The van der Waals surface area contributed by atoms with Gasteiger partial charge >= 0.3 is 5.97 Å². The zero-order valence-electron chi connectivity index (χ0n) is 41.0. The molecule has 2 aliphatic heterocycles. The van der Waals surface area contributed by atoms with Crippen LogP contribution in [0.5, 0.6) is 11.5 Å². The van der Waals surface area contributed by atoms with Crippen LogP contribution in [0.1, 0.15) is 99.3 Å². The molecule has 79 heavy (non-hydrogen) atoms. The van der Waals surface area contributed by atoms with E-state index in [0.29, 0.717) is 26.2 Å². The molecule has 7 aromatic rings. The minimum atomic E-state index is -3.91. The van der Waals surface area contributed by atoms with E-state index in [0.717, 1.165) is 4.57 Å². The number of anilines is 1. The Hall–Kier alpha value is -8.31. The molecule has 3 aromatic carbocycles. The highest BCUT2D eigenvalue weighted by atomic mass is 35.5. The lowest BCUT2D eigenvalue weighted by Crippen LogP contribution is -2.44. The molecule has 4 aromatic heterocycles. The third-order valence-corrected chi connectivity index (χ3v) is 13.0. The van der Waals surface area contributed by atoms with E-state index in [-0.39, 0.29) is 85.9 Å². The number of benzene rings is 3. The third-order valence-electron chi connectivity index (χ3n) is 12.6. The number of carbonyl (C=O) groups excluding carboxylic acids is 4. The molecule has 0 spiro atoms. The van der Waals surface area contributed by atoms with Crippen LogP contribution >= 0.6 is 11.6 Å². The van der Waals surface area contributed by atoms with Crippen LogP contribution in [0.4, 0.5) is 32.0 Å². The van der Waals surface area contributed by atoms with Gasteiger partial charge in [0.25, 0.3) is 40.7 Å². The molecule has 0 saturated carbocycles. The fraction of sp³-hybridized carbons (Fsp3) is 0.309. The number of pyridine rings is 4. The normalized spacial score (nSPS) is 13.6. The molecule has 0 aliphatic carbocycles. The van der Waals surface area contributed by atoms with E-state index in [1.54, 1.807) is 26.0 Å². The molecule has 24 heteroatoms. The summed E-state index contributed by atoms with van der Waals surface area (Å²) in [7, 11) is 0. The van der Waals surface area contributed by atoms with Gasteiger partial charge in [0, 0.05) is 49.4 Å². The number of aromatic hydroxyl groups is 2. The number of imide groups is 1. The van der Waals surface area contributed by atoms with Crippen LogP contribution in [0.15, 0.2) is 94.8 Å². The molecule has 0 saturated heterocycles. The second-order valence-electron chi connectivity index (χ2n) is 19.0. The molecule has 0 radical (unpaired) electrons. The van der Waals surface area contributed by atoms with Crippen LogP contribution in [0.25, 0.3) is 22.1 Å². The van der Waals surface area contributed by atoms with Crippen LogP contribution in [0.2, 0.25) is 5.02 Å². The zero-order chi connectivity index (χ0) is 55.9. The monoisotopic (exact) mass is 1120 g/mol. The standard InChI is InChI=1S/C29H21ClF3N3O6.C24H25F3N4O4.2CH4/c1-2-42-28(41)20-24(37)22-23(21(30)16(12-34-22)11-15-7-9-17(31)10-8-15)35(27(20)40)13-29(32,33)14-36-25(38)18-5-3-4-6-19(18)26(36)39;1-23(2,12-32)9-30-21(34)16-20(33)18-19-17(29-10-24(26,27)11-31(19)22(16)35)14(8-28-18)7-13-3-5-15(25)6-4-13;;/h3-10,12,37H,2,11,13-14H2,1H3;3-6,8,29,32-33H,7,9-12H2,1-2H3,(H,30,34);2*1H4. The molecule has 418 valence electrons. The van der Waals surface area contributed by atoms with E-state index in [1.807, 2.05) is 0 Å². The van der Waals surface area contributed by atoms with E-state index in [4.69, 9.17) is 16.3 Å². The molecule has 2 aliphatic rings. The van der Waals surface area contributed by atoms with Gasteiger partial charge in [-0.2, -0.15) is 0 Å². The summed E-state index contributed by atoms with van der Waals surface area (Å²) in [6, 6.07) is 16.7. The summed E-state index contributed by atoms with van der Waals surface area (Å²) in [5.74, 6) is -13.9. The first kappa shape index (κ1) is 59.9. The number of esters is 1. The number of nitrogens with zero attached hydrogens (tertiary/aromatic N) is 5. The van der Waals surface area contributed by atoms with E-state index in [1.165, 1.54) is 80.0 Å². The van der Waals surface area contributed by atoms with Crippen molar-refractivity contribution < 1.29 is 65.6 Å². The second-order valence-corrected chi connectivity index (χ2v) is 19.4. The number of hydrogen-bond acceptors (Lipinski definition) is 13. The summed E-state index contributed by atoms with van der Waals surface area (Å²) in [6.45, 7) is -0.282. The first-order valence-electron chi connectivity index (χ1n) is 23.6. The molecule has 9 rings (SSSR count). The van der Waals surface area contributed by atoms with Crippen molar-refractivity contribution in [2.24, 2.45) is 5.41 Å². The summed E-state index contributed by atoms with van der Waals surface area (Å²) >= 11 is 6.61. The molecule has 0 fully saturated rings. The predicted molar refractivity (Wildman–Crippen MR) is 282 cm³/mol. The Balaban J connectivity index is 0.000000253. The highest BCUT2D eigenvalue weighted by Gasteiger charge is 2.44. The van der Waals surface area contributed by atoms with Gasteiger partial charge in [-0.25, -0.2) is 31.1 Å². The van der Waals surface area contributed by atoms with Gasteiger partial charge in [-0.1, -0.05) is 76.7 Å². The van der Waals surface area contributed by atoms with Gasteiger partial charge in [-0.05, 0) is 60.0 Å². The summed E-state index contributed by atoms with van der Waals surface area (Å²) in [6.07, 6.45) is 2.85. The Labute approximate surface area is 452 Å². The Morgan fingerprint density at radius 1 is 0.785 bits per heavy atom. The number of nitrogens with one attached hydrogen (secondary N) is 2. The first-order chi connectivity index (χ1) is 36.4. The number of aromatic nitrogens is 4. The summed E-state index contributed by atoms with van der Waals surface area (Å²) in [5.41, 5.74) is -3.76. The maximum absolute atomic E-state index is 15.7. The smallest absolute Gasteiger partial charge is 0.347 e. The highest BCUT2D eigenvalue weighted by Crippen LogP contribution is 2.38. The molecule has 6 heterocycles. The van der Waals surface area contributed by atoms with Crippen molar-refractivity contribution >= 4 is 63.0 Å². The fourth-order valence-electron chi connectivity index (χ4n) is 8.68. The lowest BCUT2D eigenvalue weighted by Gasteiger charge is -2.24. The summed E-state index contributed by atoms with van der Waals surface area (Å²) in [4.78, 5) is 86.3. The van der Waals surface area contributed by atoms with Crippen molar-refractivity contribution in [3.8, 4) is 11.5 Å². The third kappa shape index (κ3) is 12.2. The van der Waals surface area contributed by atoms with Crippen LogP contribution in [-0.2, 0) is 30.7 Å². The quantitative estimate of drug-likeness (QED) is 0.0391. The minimum absolute atomic E-state index is 0. The van der Waals surface area contributed by atoms with Crippen molar-refractivity contribution in [2.45, 2.75) is 73.4 Å². The number of amides is 3. The van der Waals surface area contributed by atoms with E-state index < -0.39 is 124 Å². The SMILES string of the molecule is C.C.CC(C)(CO)CNC(=O)c1c(O)c2ncc(Cc3ccc(F)cc3)c3c2n(c1=O)CC(F)(F)CN3.CCOC(=O)c1c(O)c2ncc(Cc3ccc(F)cc3)c(Cl)c2n(CC(F)(F)CN2C(=O)c3ccccc3C2=O)c1=O. The average Bonchev–Trinajstić information content (AvgIpc) is 3.70. The van der Waals surface area contributed by atoms with E-state index in [2.05, 4.69) is 20.6 Å². The number of halogens is 7. The number of alkyl halides is 4. The molecule has 0 atom stereocenters. The van der Waals surface area contributed by atoms with Crippen molar-refractivity contribution in [3.63, 3.8) is 0 Å². The van der Waals surface area contributed by atoms with Gasteiger partial charge in [-0.3, -0.25) is 48.0 Å². The van der Waals surface area contributed by atoms with Crippen molar-refractivity contribution in [2.75, 3.05) is 38.2 Å². The van der Waals surface area contributed by atoms with Crippen molar-refractivity contribution in [1.29, 1.82) is 0 Å². The topological polar surface area (TPSA) is 235 Å². The maximum atomic E-state index is 15.7. The Morgan fingerprint density at radius 2 is 1.30 bits per heavy atom. The Morgan fingerprint density at radius 3 is 1.85 bits per heavy atom. The van der Waals surface area contributed by atoms with E-state index in [9.17, 15) is 61.6 Å². The summed E-state index contributed by atoms with van der Waals surface area (Å²) < 4.78 is 93.4. The molecule has 5 N–H and O–H groups in total. The molecular formula is C55H54ClF6N7O10. The number of ether oxygens (including phenoxy) is 1. The van der Waals surface area contributed by atoms with Crippen LogP contribution in [-0.4, -0.2) is 108 Å². The first-order valence-corrected chi connectivity index (χ1v) is 23.9. The number of rotatable bonds is 14. The molecule has 17 nitrogen and oxygen atoms in total. The molecule has 0 unspecified atom stereocenters. The maximum Gasteiger partial charge on any atom is 0.347 e. The summed E-state index contributed by atoms with van der Waals surface area (Å²) in [5, 5.41) is 36.0. The minimum Gasteiger partial charge on any atom is -0.505 e. The highest BCUT2D eigenvalue weighted by molar-refractivity contribution is 6.36. The van der Waals surface area contributed by atoms with Crippen LogP contribution < -0.4 is 21.8 Å². The van der Waals surface area contributed by atoms with Gasteiger partial charge in [-0.15, -0.1) is 0 Å². The lowest BCUT2D eigenvalue weighted by atomic mass is 9.95. The van der Waals surface area contributed by atoms with Gasteiger partial charge < -0.3 is 30.7 Å². The number of carbonyl (C=O) groups is 4. The van der Waals surface area contributed by atoms with Gasteiger partial charge in [0.05, 0.1) is 65.7 Å². The largest absolute Gasteiger partial charge is 0.505 e. The Kier molecular flexibility index (Phi) is 17.7. The number of fused-ring (bicyclic) bond motifs is 2. The predicted octanol–water partition coefficient (Wildman–Crippen LogP) is 8.51. The number of hydrogen-bond donors (Lipinski definition) is 5. The second kappa shape index (κ2) is 23.3. The number of aliphatic hydroxyl groups is 1. The fourth-order valence-corrected chi connectivity index (χ4v) is 8.99. The molecule has 3 amide bonds. The number of aliphatic hydroxyl groups excluding tert-OH is 1. The average molecular weight is 1120 g/mol. The van der Waals surface area contributed by atoms with Gasteiger partial charge in [0.2, 0.25) is 0 Å². The molecule has 0 bridgehead atoms. The lowest BCUT2D eigenvalue weighted by molar-refractivity contribution is -0.0359. The zero-order valence-corrected chi connectivity index (χ0v) is 41.8.